The van der Waals surface area contributed by atoms with Crippen molar-refractivity contribution in [3.8, 4) is 0 Å². The van der Waals surface area contributed by atoms with E-state index in [1.165, 1.54) is 76.0 Å². The van der Waals surface area contributed by atoms with Crippen molar-refractivity contribution >= 4 is 82.5 Å². The van der Waals surface area contributed by atoms with E-state index in [9.17, 15) is 55.1 Å². The fourth-order valence-electron chi connectivity index (χ4n) is 16.7. The summed E-state index contributed by atoms with van der Waals surface area (Å²) in [6, 6.07) is -10.8. The second kappa shape index (κ2) is 36.9. The lowest BCUT2D eigenvalue weighted by molar-refractivity contribution is -0.184. The Morgan fingerprint density at radius 2 is 1.30 bits per heavy atom. The third-order valence-electron chi connectivity index (χ3n) is 23.6. The van der Waals surface area contributed by atoms with Crippen LogP contribution in [0.1, 0.15) is 175 Å². The summed E-state index contributed by atoms with van der Waals surface area (Å²) in [7, 11) is 11.0. The third-order valence-corrected chi connectivity index (χ3v) is 24.1. The normalized spacial score (nSPS) is 31.8. The van der Waals surface area contributed by atoms with Crippen LogP contribution in [0.3, 0.4) is 0 Å². The van der Waals surface area contributed by atoms with Crippen LogP contribution in [0.15, 0.2) is 12.2 Å². The number of alkyl halides is 7. The van der Waals surface area contributed by atoms with Crippen molar-refractivity contribution in [2.24, 2.45) is 35.5 Å². The molecule has 2 bridgehead atoms. The Kier molecular flexibility index (Phi) is 30.0. The van der Waals surface area contributed by atoms with E-state index in [4.69, 9.17) is 16.3 Å². The van der Waals surface area contributed by atoms with E-state index in [1.54, 1.807) is 39.8 Å². The van der Waals surface area contributed by atoms with Crippen LogP contribution in [0, 0.1) is 35.5 Å². The molecule has 25 nitrogen and oxygen atoms in total. The van der Waals surface area contributed by atoms with Crippen LogP contribution < -0.4 is 16.0 Å². The average molecular weight is 1520 g/mol. The van der Waals surface area contributed by atoms with Gasteiger partial charge in [-0.3, -0.25) is 57.5 Å². The monoisotopic (exact) mass is 1510 g/mol. The minimum atomic E-state index is -4.57. The van der Waals surface area contributed by atoms with Crippen molar-refractivity contribution in [3.05, 3.63) is 12.2 Å². The van der Waals surface area contributed by atoms with Gasteiger partial charge in [0, 0.05) is 87.9 Å². The number of fused-ring (bicyclic) bond motifs is 3. The summed E-state index contributed by atoms with van der Waals surface area (Å²) in [5.74, 6) is -14.2. The number of halogens is 7. The maximum Gasteiger partial charge on any atom is 0.393 e. The van der Waals surface area contributed by atoms with E-state index in [1.807, 2.05) is 0 Å². The highest BCUT2D eigenvalue weighted by Crippen LogP contribution is 2.45. The minimum absolute atomic E-state index is 0.0151. The van der Waals surface area contributed by atoms with E-state index in [2.05, 4.69) is 16.0 Å². The third kappa shape index (κ3) is 20.7. The maximum atomic E-state index is 15.5. The number of hydrogen-bond donors (Lipinski definition) is 3. The molecule has 7 rings (SSSR count). The summed E-state index contributed by atoms with van der Waals surface area (Å²) in [4.78, 5) is 191. The van der Waals surface area contributed by atoms with Gasteiger partial charge in [0.1, 0.15) is 53.9 Å². The number of likely N-dealkylation sites (N-methyl/N-ethyl adjacent to an activating group) is 7. The first-order valence-electron chi connectivity index (χ1n) is 37.6. The topological polar surface area (TPSA) is 279 Å². The highest BCUT2D eigenvalue weighted by atomic mass is 35.5. The van der Waals surface area contributed by atoms with Crippen molar-refractivity contribution in [3.63, 3.8) is 0 Å². The predicted octanol–water partition coefficient (Wildman–Crippen LogP) is 6.04. The van der Waals surface area contributed by atoms with Crippen molar-refractivity contribution in [1.82, 2.24) is 60.0 Å². The van der Waals surface area contributed by atoms with Crippen LogP contribution in [0.4, 0.5) is 26.3 Å². The van der Waals surface area contributed by atoms with Crippen molar-refractivity contribution in [2.75, 3.05) is 89.2 Å². The molecule has 32 heteroatoms. The largest absolute Gasteiger partial charge is 0.393 e. The summed E-state index contributed by atoms with van der Waals surface area (Å²) in [5, 5.41) is 7.27. The van der Waals surface area contributed by atoms with Gasteiger partial charge in [-0.15, -0.1) is 11.6 Å². The molecule has 7 aliphatic rings. The van der Waals surface area contributed by atoms with Gasteiger partial charge in [0.2, 0.25) is 70.9 Å². The SMILES string of the molecule is CCO[C@@H]1C[C@H]2C(=O)NC3(CCC3)C(=O)N(C)[C@@H](C3CCCC3)C(=O)N(C)[C@H](C(=O)N(C)C)CC(=O)N(C)[C@@H](CC)C(=O)N[C@@H]([C@@H](C)CC)C(=O)N(C)CC(=O)N(C)[C@H]3C/C=C\CCN(C3=O)[C@@H](CC3CCC(C(F)(F)F)CC3)C(=O)N(C)CC(=O)N[C@@H](CCC3CCC(C(F)(F)F)C(Cl)C3)C(=O)N2C1. The van der Waals surface area contributed by atoms with Gasteiger partial charge < -0.3 is 64.8 Å². The molecule has 0 aromatic carbocycles. The Hall–Kier alpha value is -6.79. The molecular weight excluding hydrogens is 1400 g/mol. The highest BCUT2D eigenvalue weighted by molar-refractivity contribution is 6.21. The zero-order chi connectivity index (χ0) is 77.9. The van der Waals surface area contributed by atoms with Gasteiger partial charge in [-0.1, -0.05) is 52.2 Å². The molecule has 1 spiro atoms. The molecule has 105 heavy (non-hydrogen) atoms. The lowest BCUT2D eigenvalue weighted by Crippen LogP contribution is -2.68. The van der Waals surface area contributed by atoms with E-state index >= 15 is 28.8 Å². The first-order chi connectivity index (χ1) is 49.3. The Morgan fingerprint density at radius 3 is 1.87 bits per heavy atom. The molecular formula is C73H113ClF6N12O13. The molecule has 0 aromatic rings. The van der Waals surface area contributed by atoms with Gasteiger partial charge in [-0.2, -0.15) is 26.3 Å². The number of carbonyl (C=O) groups excluding carboxylic acids is 12. The van der Waals surface area contributed by atoms with E-state index in [0.29, 0.717) is 38.5 Å². The number of carbonyl (C=O) groups is 12. The average Bonchev–Trinajstić information content (AvgIpc) is 1.70. The van der Waals surface area contributed by atoms with Gasteiger partial charge in [0.25, 0.3) is 0 Å². The Bertz CT molecular complexity index is 3150. The van der Waals surface area contributed by atoms with E-state index in [-0.39, 0.29) is 122 Å². The molecule has 12 amide bonds. The van der Waals surface area contributed by atoms with E-state index < -0.39 is 204 Å². The second-order valence-corrected chi connectivity index (χ2v) is 31.4. The molecule has 3 heterocycles. The van der Waals surface area contributed by atoms with Gasteiger partial charge in [-0.25, -0.2) is 0 Å². The number of nitrogens with one attached hydrogen (secondary N) is 3. The van der Waals surface area contributed by atoms with Crippen LogP contribution in [0.2, 0.25) is 0 Å². The molecule has 3 aliphatic heterocycles. The van der Waals surface area contributed by atoms with E-state index in [0.717, 1.165) is 24.5 Å². The standard InChI is InChI=1S/C73H113ClF6N12O13/c1-13-43(4)60-68(102)86(8)42-59(95)88(10)53-24-17-16-20-35-91(67(53)101)56(37-45-25-29-47(30-26-45)72(75,76)77)66(100)85(7)41-57(93)81-51(32-28-44-27-31-49(50(74)36-44)73(78,79)80)64(98)92-40-48(105-15-3)38-54(92)63(97)83-71(33-21-34-71)70(104)90(12)61(46-22-18-19-23-46)69(103)89(11)55(65(99)84(5)6)39-58(94)87(9)52(14-2)62(96)82-60/h16-17,43-56,60-61H,13-15,18-42H2,1-12H3,(H,81,93)(H,82,96)(H,83,97)/b17-16-/t43-,44?,45?,47?,48+,49?,50?,51-,52-,53-,54-,55-,56-,60-,61-/m0/s1. The summed E-state index contributed by atoms with van der Waals surface area (Å²) in [5.41, 5.74) is -1.63. The van der Waals surface area contributed by atoms with Crippen LogP contribution in [-0.4, -0.2) is 282 Å². The molecule has 3 unspecified atom stereocenters. The molecule has 4 saturated carbocycles. The molecule has 4 aliphatic carbocycles. The number of hydrogen-bond acceptors (Lipinski definition) is 13. The molecule has 6 fully saturated rings. The Balaban J connectivity index is 1.31. The summed E-state index contributed by atoms with van der Waals surface area (Å²) in [6.07, 6.45) is -4.50. The predicted molar refractivity (Wildman–Crippen MR) is 376 cm³/mol. The minimum Gasteiger partial charge on any atom is -0.377 e. The second-order valence-electron chi connectivity index (χ2n) is 30.8. The molecule has 13 atom stereocenters. The fourth-order valence-corrected chi connectivity index (χ4v) is 17.2. The van der Waals surface area contributed by atoms with Gasteiger partial charge >= 0.3 is 12.4 Å². The fraction of sp³-hybridized carbons (Fsp3) is 0.808. The quantitative estimate of drug-likeness (QED) is 0.114. The number of amides is 12. The molecule has 0 radical (unpaired) electrons. The maximum absolute atomic E-state index is 15.5. The first-order valence-corrected chi connectivity index (χ1v) is 38.1. The summed E-state index contributed by atoms with van der Waals surface area (Å²) in [6.45, 7) is 5.28. The molecule has 0 aromatic heterocycles. The van der Waals surface area contributed by atoms with Gasteiger partial charge in [0.15, 0.2) is 0 Å². The summed E-state index contributed by atoms with van der Waals surface area (Å²) >= 11 is 6.42. The molecule has 592 valence electrons. The zero-order valence-electron chi connectivity index (χ0n) is 63.2. The Labute approximate surface area is 618 Å². The van der Waals surface area contributed by atoms with Crippen molar-refractivity contribution in [2.45, 2.75) is 253 Å². The molecule has 2 saturated heterocycles. The smallest absolute Gasteiger partial charge is 0.377 e. The van der Waals surface area contributed by atoms with Crippen LogP contribution in [0.5, 0.6) is 0 Å². The lowest BCUT2D eigenvalue weighted by atomic mass is 9.74. The van der Waals surface area contributed by atoms with Crippen LogP contribution in [-0.2, 0) is 62.3 Å². The first kappa shape index (κ1) is 85.5. The van der Waals surface area contributed by atoms with Crippen LogP contribution in [0.25, 0.3) is 0 Å². The van der Waals surface area contributed by atoms with Crippen molar-refractivity contribution in [1.29, 1.82) is 0 Å². The highest BCUT2D eigenvalue weighted by Gasteiger charge is 2.55. The van der Waals surface area contributed by atoms with Crippen molar-refractivity contribution < 1.29 is 88.6 Å². The number of ether oxygens (including phenoxy) is 1. The Morgan fingerprint density at radius 1 is 0.657 bits per heavy atom. The van der Waals surface area contributed by atoms with Crippen LogP contribution >= 0.6 is 11.6 Å². The molecule has 3 N–H and O–H groups in total. The lowest BCUT2D eigenvalue weighted by Gasteiger charge is -2.46. The zero-order valence-corrected chi connectivity index (χ0v) is 63.9. The van der Waals surface area contributed by atoms with Gasteiger partial charge in [-0.05, 0) is 146 Å². The van der Waals surface area contributed by atoms with Gasteiger partial charge in [0.05, 0.1) is 37.5 Å². The number of rotatable bonds is 12. The summed E-state index contributed by atoms with van der Waals surface area (Å²) < 4.78 is 90.7. The number of nitrogens with zero attached hydrogens (tertiary/aromatic N) is 9.